The molecule has 0 aromatic heterocycles. The molecule has 24 heavy (non-hydrogen) atoms. The number of hydrogen-bond acceptors (Lipinski definition) is 6. The van der Waals surface area contributed by atoms with E-state index in [4.69, 9.17) is 9.92 Å². The van der Waals surface area contributed by atoms with E-state index >= 15 is 0 Å². The summed E-state index contributed by atoms with van der Waals surface area (Å²) in [6.07, 6.45) is 0. The molecule has 1 saturated heterocycles. The number of benzene rings is 2. The van der Waals surface area contributed by atoms with E-state index in [-0.39, 0.29) is 16.2 Å². The van der Waals surface area contributed by atoms with Gasteiger partial charge in [-0.15, -0.1) is 23.5 Å². The summed E-state index contributed by atoms with van der Waals surface area (Å²) < 4.78 is 30.1. The predicted octanol–water partition coefficient (Wildman–Crippen LogP) is 3.03. The lowest BCUT2D eigenvalue weighted by molar-refractivity contribution is 0.1000. The van der Waals surface area contributed by atoms with Crippen molar-refractivity contribution in [1.29, 1.82) is 0 Å². The van der Waals surface area contributed by atoms with Gasteiger partial charge in [-0.3, -0.25) is 4.79 Å². The van der Waals surface area contributed by atoms with Gasteiger partial charge in [0.05, 0.1) is 4.58 Å². The standard InChI is InChI=1S/C16H15NO4S3/c17-15(18)11-3-7-14(8-4-11)24(19,20)21-13-5-1-12(2-6-13)16-22-9-10-23-16/h1-8,16H,9-10H2,(H2,17,18). The van der Waals surface area contributed by atoms with Crippen LogP contribution >= 0.6 is 23.5 Å². The van der Waals surface area contributed by atoms with E-state index in [9.17, 15) is 13.2 Å². The number of amides is 1. The highest BCUT2D eigenvalue weighted by molar-refractivity contribution is 8.19. The van der Waals surface area contributed by atoms with Crippen LogP contribution in [0.3, 0.4) is 0 Å². The Kier molecular flexibility index (Phi) is 5.07. The topological polar surface area (TPSA) is 86.5 Å². The van der Waals surface area contributed by atoms with Gasteiger partial charge in [0.1, 0.15) is 10.6 Å². The Hall–Kier alpha value is -1.64. The Morgan fingerprint density at radius 2 is 1.58 bits per heavy atom. The van der Waals surface area contributed by atoms with Crippen molar-refractivity contribution < 1.29 is 17.4 Å². The molecule has 1 aliphatic heterocycles. The van der Waals surface area contributed by atoms with Crippen LogP contribution in [0.15, 0.2) is 53.4 Å². The number of hydrogen-bond donors (Lipinski definition) is 1. The molecule has 126 valence electrons. The van der Waals surface area contributed by atoms with Crippen LogP contribution in [0, 0.1) is 0 Å². The Labute approximate surface area is 149 Å². The Balaban J connectivity index is 1.75. The number of primary amides is 1. The van der Waals surface area contributed by atoms with Crippen LogP contribution in [0.2, 0.25) is 0 Å². The molecule has 3 rings (SSSR count). The predicted molar refractivity (Wildman–Crippen MR) is 96.9 cm³/mol. The zero-order valence-corrected chi connectivity index (χ0v) is 15.0. The summed E-state index contributed by atoms with van der Waals surface area (Å²) in [4.78, 5) is 11.0. The van der Waals surface area contributed by atoms with E-state index in [1.54, 1.807) is 12.1 Å². The maximum Gasteiger partial charge on any atom is 0.339 e. The van der Waals surface area contributed by atoms with Crippen LogP contribution < -0.4 is 9.92 Å². The van der Waals surface area contributed by atoms with Crippen molar-refractivity contribution in [1.82, 2.24) is 0 Å². The van der Waals surface area contributed by atoms with E-state index in [1.165, 1.54) is 24.3 Å². The lowest BCUT2D eigenvalue weighted by atomic mass is 10.2. The number of carbonyl (C=O) groups excluding carboxylic acids is 1. The second-order valence-corrected chi connectivity index (χ2v) is 9.34. The lowest BCUT2D eigenvalue weighted by Gasteiger charge is -2.10. The quantitative estimate of drug-likeness (QED) is 0.801. The number of rotatable bonds is 5. The highest BCUT2D eigenvalue weighted by Gasteiger charge is 2.20. The van der Waals surface area contributed by atoms with Gasteiger partial charge in [0, 0.05) is 17.1 Å². The molecule has 1 fully saturated rings. The van der Waals surface area contributed by atoms with Gasteiger partial charge in [0.2, 0.25) is 5.91 Å². The highest BCUT2D eigenvalue weighted by Crippen LogP contribution is 2.45. The first-order chi connectivity index (χ1) is 11.5. The zero-order valence-electron chi connectivity index (χ0n) is 12.5. The second kappa shape index (κ2) is 7.08. The Morgan fingerprint density at radius 3 is 2.12 bits per heavy atom. The summed E-state index contributed by atoms with van der Waals surface area (Å²) in [5, 5.41) is 0. The van der Waals surface area contributed by atoms with Crippen LogP contribution in [0.1, 0.15) is 20.5 Å². The first-order valence-electron chi connectivity index (χ1n) is 7.13. The minimum atomic E-state index is -3.95. The molecule has 5 nitrogen and oxygen atoms in total. The number of nitrogens with two attached hydrogens (primary N) is 1. The molecule has 0 spiro atoms. The van der Waals surface area contributed by atoms with E-state index < -0.39 is 16.0 Å². The van der Waals surface area contributed by atoms with Crippen LogP contribution in [0.5, 0.6) is 5.75 Å². The summed E-state index contributed by atoms with van der Waals surface area (Å²) in [6.45, 7) is 0. The van der Waals surface area contributed by atoms with Gasteiger partial charge in [-0.1, -0.05) is 12.1 Å². The van der Waals surface area contributed by atoms with Crippen molar-refractivity contribution in [3.05, 3.63) is 59.7 Å². The van der Waals surface area contributed by atoms with Crippen molar-refractivity contribution in [2.24, 2.45) is 5.73 Å². The molecule has 2 aromatic carbocycles. The molecule has 1 heterocycles. The van der Waals surface area contributed by atoms with Gasteiger partial charge < -0.3 is 9.92 Å². The average Bonchev–Trinajstić information content (AvgIpc) is 3.10. The normalized spacial score (nSPS) is 15.3. The van der Waals surface area contributed by atoms with Crippen LogP contribution in [-0.2, 0) is 10.1 Å². The van der Waals surface area contributed by atoms with Crippen LogP contribution in [0.25, 0.3) is 0 Å². The maximum atomic E-state index is 12.3. The summed E-state index contributed by atoms with van der Waals surface area (Å²) in [5.74, 6) is 1.90. The minimum absolute atomic E-state index is 0.0292. The molecular weight excluding hydrogens is 366 g/mol. The molecule has 2 aromatic rings. The highest BCUT2D eigenvalue weighted by atomic mass is 32.2. The monoisotopic (exact) mass is 381 g/mol. The fourth-order valence-electron chi connectivity index (χ4n) is 2.19. The second-order valence-electron chi connectivity index (χ2n) is 5.07. The minimum Gasteiger partial charge on any atom is -0.379 e. The first kappa shape index (κ1) is 17.2. The van der Waals surface area contributed by atoms with Gasteiger partial charge in [-0.2, -0.15) is 8.42 Å². The first-order valence-corrected chi connectivity index (χ1v) is 10.6. The summed E-state index contributed by atoms with van der Waals surface area (Å²) in [6, 6.07) is 12.4. The zero-order chi connectivity index (χ0) is 17.2. The number of carbonyl (C=O) groups is 1. The van der Waals surface area contributed by atoms with E-state index in [0.717, 1.165) is 17.1 Å². The third-order valence-corrected chi connectivity index (χ3v) is 7.77. The third kappa shape index (κ3) is 3.88. The van der Waals surface area contributed by atoms with Gasteiger partial charge in [-0.05, 0) is 42.0 Å². The molecule has 0 unspecified atom stereocenters. The van der Waals surface area contributed by atoms with Crippen LogP contribution in [-0.4, -0.2) is 25.8 Å². The van der Waals surface area contributed by atoms with E-state index in [2.05, 4.69) is 0 Å². The summed E-state index contributed by atoms with van der Waals surface area (Å²) in [5.41, 5.74) is 6.53. The lowest BCUT2D eigenvalue weighted by Crippen LogP contribution is -2.13. The smallest absolute Gasteiger partial charge is 0.339 e. The average molecular weight is 382 g/mol. The third-order valence-electron chi connectivity index (χ3n) is 3.41. The molecule has 0 saturated carbocycles. The molecular formula is C16H15NO4S3. The summed E-state index contributed by atoms with van der Waals surface area (Å²) >= 11 is 3.76. The summed E-state index contributed by atoms with van der Waals surface area (Å²) in [7, 11) is -3.95. The van der Waals surface area contributed by atoms with Crippen molar-refractivity contribution >= 4 is 39.5 Å². The van der Waals surface area contributed by atoms with Gasteiger partial charge in [0.25, 0.3) is 0 Å². The fraction of sp³-hybridized carbons (Fsp3) is 0.188. The molecule has 0 aliphatic carbocycles. The van der Waals surface area contributed by atoms with Gasteiger partial charge in [-0.25, -0.2) is 0 Å². The molecule has 1 aliphatic rings. The van der Waals surface area contributed by atoms with Crippen molar-refractivity contribution in [3.63, 3.8) is 0 Å². The van der Waals surface area contributed by atoms with Crippen LogP contribution in [0.4, 0.5) is 0 Å². The SMILES string of the molecule is NC(=O)c1ccc(S(=O)(=O)Oc2ccc(C3SCCS3)cc2)cc1. The van der Waals surface area contributed by atoms with Gasteiger partial charge >= 0.3 is 10.1 Å². The van der Waals surface area contributed by atoms with Gasteiger partial charge in [0.15, 0.2) is 0 Å². The largest absolute Gasteiger partial charge is 0.379 e. The Morgan fingerprint density at radius 1 is 1.00 bits per heavy atom. The molecule has 0 bridgehead atoms. The number of thioether (sulfide) groups is 2. The molecule has 0 atom stereocenters. The molecule has 1 amide bonds. The maximum absolute atomic E-state index is 12.3. The van der Waals surface area contributed by atoms with E-state index in [0.29, 0.717) is 4.58 Å². The fourth-order valence-corrected chi connectivity index (χ4v) is 5.98. The molecule has 8 heteroatoms. The molecule has 0 radical (unpaired) electrons. The van der Waals surface area contributed by atoms with Crippen molar-refractivity contribution in [3.8, 4) is 5.75 Å². The van der Waals surface area contributed by atoms with Crippen molar-refractivity contribution in [2.45, 2.75) is 9.48 Å². The van der Waals surface area contributed by atoms with E-state index in [1.807, 2.05) is 35.7 Å². The Bertz CT molecular complexity index is 827. The van der Waals surface area contributed by atoms with Crippen molar-refractivity contribution in [2.75, 3.05) is 11.5 Å². The molecule has 2 N–H and O–H groups in total.